The number of carbonyl (C=O) groups is 1. The van der Waals surface area contributed by atoms with Gasteiger partial charge in [-0.3, -0.25) is 4.79 Å². The molecule has 1 N–H and O–H groups in total. The molecule has 0 amide bonds. The summed E-state index contributed by atoms with van der Waals surface area (Å²) >= 11 is 0. The van der Waals surface area contributed by atoms with Crippen LogP contribution in [0, 0.1) is 6.92 Å². The molecule has 4 nitrogen and oxygen atoms in total. The lowest BCUT2D eigenvalue weighted by molar-refractivity contribution is -0.878. The number of carbonyl (C=O) groups excluding carboxylic acids is 1. The first-order valence-electron chi connectivity index (χ1n) is 9.07. The molecule has 1 aliphatic heterocycles. The highest BCUT2D eigenvalue weighted by Crippen LogP contribution is 2.32. The second-order valence-electron chi connectivity index (χ2n) is 6.86. The number of rotatable bonds is 8. The minimum atomic E-state index is 0.174. The van der Waals surface area contributed by atoms with Crippen molar-refractivity contribution < 1.29 is 19.2 Å². The smallest absolute Gasteiger partial charge is 0.231 e. The summed E-state index contributed by atoms with van der Waals surface area (Å²) in [6.45, 7) is 4.18. The first-order chi connectivity index (χ1) is 12.6. The second kappa shape index (κ2) is 8.68. The van der Waals surface area contributed by atoms with E-state index in [0.29, 0.717) is 13.2 Å². The first kappa shape index (κ1) is 18.2. The van der Waals surface area contributed by atoms with Gasteiger partial charge in [-0.1, -0.05) is 42.0 Å². The fraction of sp³-hybridized carbons (Fsp3) is 0.318. The van der Waals surface area contributed by atoms with Crippen LogP contribution in [-0.2, 0) is 11.2 Å². The third-order valence-electron chi connectivity index (χ3n) is 4.61. The zero-order valence-electron chi connectivity index (χ0n) is 15.5. The van der Waals surface area contributed by atoms with Crippen LogP contribution in [0.1, 0.15) is 23.1 Å². The fourth-order valence-electron chi connectivity index (χ4n) is 2.87. The van der Waals surface area contributed by atoms with Gasteiger partial charge >= 0.3 is 0 Å². The van der Waals surface area contributed by atoms with Gasteiger partial charge in [-0.2, -0.15) is 0 Å². The van der Waals surface area contributed by atoms with Gasteiger partial charge in [-0.25, -0.2) is 0 Å². The summed E-state index contributed by atoms with van der Waals surface area (Å²) in [5.41, 5.74) is 3.52. The Morgan fingerprint density at radius 1 is 1.08 bits per heavy atom. The Hall–Kier alpha value is -2.59. The molecule has 2 aromatic rings. The van der Waals surface area contributed by atoms with E-state index in [1.54, 1.807) is 6.08 Å². The van der Waals surface area contributed by atoms with Crippen LogP contribution in [0.25, 0.3) is 6.08 Å². The standard InChI is InChI=1S/C22H25NO3/c1-17-3-5-18(6-4-17)7-9-20(24)12-14-23(2)13-11-19-8-10-21-22(15-19)26-16-25-21/h3-10,15H,11-14,16H2,1-2H3/p+1. The first-order valence-corrected chi connectivity index (χ1v) is 9.07. The van der Waals surface area contributed by atoms with E-state index in [4.69, 9.17) is 9.47 Å². The third-order valence-corrected chi connectivity index (χ3v) is 4.61. The van der Waals surface area contributed by atoms with Crippen molar-refractivity contribution in [1.82, 2.24) is 0 Å². The number of fused-ring (bicyclic) bond motifs is 1. The average Bonchev–Trinajstić information content (AvgIpc) is 3.12. The number of ketones is 1. The van der Waals surface area contributed by atoms with E-state index in [1.165, 1.54) is 16.0 Å². The molecule has 0 saturated carbocycles. The number of hydrogen-bond donors (Lipinski definition) is 1. The van der Waals surface area contributed by atoms with Crippen LogP contribution in [0.5, 0.6) is 11.5 Å². The lowest BCUT2D eigenvalue weighted by Gasteiger charge is -2.13. The molecule has 2 aromatic carbocycles. The average molecular weight is 352 g/mol. The predicted octanol–water partition coefficient (Wildman–Crippen LogP) is 2.45. The summed E-state index contributed by atoms with van der Waals surface area (Å²) in [7, 11) is 2.13. The molecule has 0 bridgehead atoms. The Kier molecular flexibility index (Phi) is 6.08. The number of aryl methyl sites for hydroxylation is 1. The quantitative estimate of drug-likeness (QED) is 0.742. The van der Waals surface area contributed by atoms with Crippen molar-refractivity contribution in [2.75, 3.05) is 26.9 Å². The van der Waals surface area contributed by atoms with Crippen molar-refractivity contribution in [1.29, 1.82) is 0 Å². The van der Waals surface area contributed by atoms with Gasteiger partial charge in [-0.15, -0.1) is 0 Å². The van der Waals surface area contributed by atoms with Gasteiger partial charge in [0.1, 0.15) is 0 Å². The van der Waals surface area contributed by atoms with Gasteiger partial charge in [0.2, 0.25) is 6.79 Å². The molecule has 3 rings (SSSR count). The maximum Gasteiger partial charge on any atom is 0.231 e. The summed E-state index contributed by atoms with van der Waals surface area (Å²) in [6.07, 6.45) is 5.10. The largest absolute Gasteiger partial charge is 0.454 e. The Bertz CT molecular complexity index is 780. The molecule has 1 unspecified atom stereocenters. The molecule has 0 saturated heterocycles. The van der Waals surface area contributed by atoms with Crippen molar-refractivity contribution >= 4 is 11.9 Å². The van der Waals surface area contributed by atoms with Crippen molar-refractivity contribution in [3.8, 4) is 11.5 Å². The minimum Gasteiger partial charge on any atom is -0.454 e. The van der Waals surface area contributed by atoms with Crippen molar-refractivity contribution in [2.24, 2.45) is 0 Å². The molecule has 26 heavy (non-hydrogen) atoms. The maximum absolute atomic E-state index is 12.1. The summed E-state index contributed by atoms with van der Waals surface area (Å²) in [6, 6.07) is 14.3. The van der Waals surface area contributed by atoms with E-state index in [2.05, 4.69) is 32.2 Å². The van der Waals surface area contributed by atoms with Crippen LogP contribution in [0.4, 0.5) is 0 Å². The van der Waals surface area contributed by atoms with Gasteiger partial charge in [0.25, 0.3) is 0 Å². The molecule has 0 spiro atoms. The highest BCUT2D eigenvalue weighted by atomic mass is 16.7. The molecule has 136 valence electrons. The number of allylic oxidation sites excluding steroid dienone is 1. The van der Waals surface area contributed by atoms with Crippen LogP contribution in [0.2, 0.25) is 0 Å². The van der Waals surface area contributed by atoms with E-state index in [1.807, 2.05) is 30.3 Å². The molecule has 0 aromatic heterocycles. The molecule has 1 atom stereocenters. The highest BCUT2D eigenvalue weighted by molar-refractivity contribution is 5.93. The van der Waals surface area contributed by atoms with Gasteiger partial charge in [0.15, 0.2) is 17.3 Å². The van der Waals surface area contributed by atoms with Crippen LogP contribution < -0.4 is 14.4 Å². The Morgan fingerprint density at radius 3 is 2.65 bits per heavy atom. The number of benzene rings is 2. The summed E-state index contributed by atoms with van der Waals surface area (Å²) in [4.78, 5) is 13.4. The molecule has 0 fully saturated rings. The Balaban J connectivity index is 1.40. The number of hydrogen-bond acceptors (Lipinski definition) is 3. The third kappa shape index (κ3) is 5.20. The summed E-state index contributed by atoms with van der Waals surface area (Å²) < 4.78 is 10.7. The number of quaternary nitrogens is 1. The maximum atomic E-state index is 12.1. The van der Waals surface area contributed by atoms with E-state index in [9.17, 15) is 4.79 Å². The second-order valence-corrected chi connectivity index (χ2v) is 6.86. The SMILES string of the molecule is Cc1ccc(C=CC(=O)CC[NH+](C)CCc2ccc3c(c2)OCO3)cc1. The van der Waals surface area contributed by atoms with Crippen LogP contribution in [0.15, 0.2) is 48.5 Å². The lowest BCUT2D eigenvalue weighted by atomic mass is 10.1. The number of nitrogens with one attached hydrogen (secondary N) is 1. The van der Waals surface area contributed by atoms with Crippen molar-refractivity contribution in [3.05, 3.63) is 65.2 Å². The Morgan fingerprint density at radius 2 is 1.85 bits per heavy atom. The van der Waals surface area contributed by atoms with Crippen LogP contribution in [0.3, 0.4) is 0 Å². The number of likely N-dealkylation sites (N-methyl/N-ethyl adjacent to an activating group) is 1. The van der Waals surface area contributed by atoms with E-state index >= 15 is 0 Å². The van der Waals surface area contributed by atoms with E-state index in [-0.39, 0.29) is 5.78 Å². The lowest BCUT2D eigenvalue weighted by Crippen LogP contribution is -3.09. The minimum absolute atomic E-state index is 0.174. The zero-order valence-corrected chi connectivity index (χ0v) is 15.5. The van der Waals surface area contributed by atoms with Crippen molar-refractivity contribution in [3.63, 3.8) is 0 Å². The predicted molar refractivity (Wildman–Crippen MR) is 103 cm³/mol. The van der Waals surface area contributed by atoms with E-state index in [0.717, 1.165) is 36.6 Å². The van der Waals surface area contributed by atoms with Gasteiger partial charge < -0.3 is 14.4 Å². The molecular weight excluding hydrogens is 326 g/mol. The van der Waals surface area contributed by atoms with Gasteiger partial charge in [-0.05, 0) is 36.3 Å². The molecule has 0 aliphatic carbocycles. The normalized spacial score (nSPS) is 13.9. The molecule has 0 radical (unpaired) electrons. The van der Waals surface area contributed by atoms with Crippen LogP contribution >= 0.6 is 0 Å². The van der Waals surface area contributed by atoms with Gasteiger partial charge in [0, 0.05) is 6.42 Å². The van der Waals surface area contributed by atoms with E-state index < -0.39 is 0 Å². The monoisotopic (exact) mass is 352 g/mol. The van der Waals surface area contributed by atoms with Crippen LogP contribution in [-0.4, -0.2) is 32.7 Å². The molecule has 1 heterocycles. The molecule has 1 aliphatic rings. The van der Waals surface area contributed by atoms with Crippen molar-refractivity contribution in [2.45, 2.75) is 19.8 Å². The topological polar surface area (TPSA) is 40.0 Å². The zero-order chi connectivity index (χ0) is 18.4. The summed E-state index contributed by atoms with van der Waals surface area (Å²) in [5, 5.41) is 0. The fourth-order valence-corrected chi connectivity index (χ4v) is 2.87. The van der Waals surface area contributed by atoms with Gasteiger partial charge in [0.05, 0.1) is 26.6 Å². The molecule has 4 heteroatoms. The Labute approximate surface area is 155 Å². The highest BCUT2D eigenvalue weighted by Gasteiger charge is 2.14. The summed E-state index contributed by atoms with van der Waals surface area (Å²) in [5.74, 6) is 1.82. The number of ether oxygens (including phenoxy) is 2. The molecular formula is C22H26NO3+.